The zero-order valence-corrected chi connectivity index (χ0v) is 14.5. The number of carbonyl (C=O) groups excluding carboxylic acids is 1. The molecule has 0 radical (unpaired) electrons. The van der Waals surface area contributed by atoms with E-state index in [1.54, 1.807) is 4.68 Å². The zero-order valence-electron chi connectivity index (χ0n) is 14.5. The number of ether oxygens (including phenoxy) is 1. The fraction of sp³-hybridized carbons (Fsp3) is 0.200. The molecule has 4 nitrogen and oxygen atoms in total. The van der Waals surface area contributed by atoms with Crippen LogP contribution in [-0.4, -0.2) is 15.7 Å². The molecule has 0 N–H and O–H groups in total. The summed E-state index contributed by atoms with van der Waals surface area (Å²) in [4.78, 5) is 12.1. The van der Waals surface area contributed by atoms with Gasteiger partial charge in [-0.05, 0) is 37.5 Å². The van der Waals surface area contributed by atoms with E-state index in [1.807, 2.05) is 30.3 Å². The van der Waals surface area contributed by atoms with Crippen LogP contribution in [0.5, 0.6) is 0 Å². The summed E-state index contributed by atoms with van der Waals surface area (Å²) in [5, 5.41) is 4.48. The van der Waals surface area contributed by atoms with Gasteiger partial charge in [0, 0.05) is 11.3 Å². The predicted octanol–water partition coefficient (Wildman–Crippen LogP) is 4.27. The van der Waals surface area contributed by atoms with Gasteiger partial charge in [-0.1, -0.05) is 18.2 Å². The van der Waals surface area contributed by atoms with E-state index in [0.717, 1.165) is 36.2 Å². The van der Waals surface area contributed by atoms with Crippen molar-refractivity contribution in [2.45, 2.75) is 25.9 Å². The summed E-state index contributed by atoms with van der Waals surface area (Å²) < 4.78 is 60.2. The second-order valence-electron chi connectivity index (χ2n) is 6.40. The lowest BCUT2D eigenvalue weighted by Gasteiger charge is -2.07. The molecular formula is C20H14F4N2O2. The molecule has 1 aromatic heterocycles. The predicted molar refractivity (Wildman–Crippen MR) is 91.0 cm³/mol. The number of carbonyl (C=O) groups is 1. The van der Waals surface area contributed by atoms with Crippen molar-refractivity contribution in [3.8, 4) is 5.69 Å². The standard InChI is InChI=1S/C20H14F4N2O2/c21-14-9-13(17(22)19(24)18(14)23)20(27)28-10-15-12-7-4-8-16(12)26(25-15)11-5-2-1-3-6-11/h1-3,5-6,9H,4,7-8,10H2. The topological polar surface area (TPSA) is 44.1 Å². The minimum atomic E-state index is -2.05. The van der Waals surface area contributed by atoms with Gasteiger partial charge in [0.2, 0.25) is 0 Å². The normalized spacial score (nSPS) is 12.9. The van der Waals surface area contributed by atoms with E-state index < -0.39 is 34.8 Å². The molecular weight excluding hydrogens is 376 g/mol. The van der Waals surface area contributed by atoms with E-state index in [4.69, 9.17) is 4.74 Å². The van der Waals surface area contributed by atoms with Gasteiger partial charge in [0.15, 0.2) is 23.3 Å². The fourth-order valence-corrected chi connectivity index (χ4v) is 3.35. The van der Waals surface area contributed by atoms with E-state index in [1.165, 1.54) is 0 Å². The van der Waals surface area contributed by atoms with Gasteiger partial charge in [0.25, 0.3) is 0 Å². The van der Waals surface area contributed by atoms with E-state index in [-0.39, 0.29) is 12.7 Å². The van der Waals surface area contributed by atoms with Crippen molar-refractivity contribution in [1.82, 2.24) is 9.78 Å². The number of esters is 1. The molecule has 0 atom stereocenters. The van der Waals surface area contributed by atoms with Crippen LogP contribution in [0.1, 0.15) is 33.7 Å². The van der Waals surface area contributed by atoms with E-state index >= 15 is 0 Å². The van der Waals surface area contributed by atoms with Gasteiger partial charge < -0.3 is 4.74 Å². The number of hydrogen-bond acceptors (Lipinski definition) is 3. The van der Waals surface area contributed by atoms with E-state index in [0.29, 0.717) is 5.69 Å². The number of fused-ring (bicyclic) bond motifs is 1. The van der Waals surface area contributed by atoms with Crippen LogP contribution in [0.25, 0.3) is 5.69 Å². The third kappa shape index (κ3) is 3.04. The maximum atomic E-state index is 13.8. The summed E-state index contributed by atoms with van der Waals surface area (Å²) in [5.41, 5.74) is 2.28. The molecule has 0 unspecified atom stereocenters. The first-order valence-electron chi connectivity index (χ1n) is 8.62. The van der Waals surface area contributed by atoms with Crippen molar-refractivity contribution in [3.63, 3.8) is 0 Å². The first kappa shape index (κ1) is 18.2. The van der Waals surface area contributed by atoms with Gasteiger partial charge in [0.1, 0.15) is 17.9 Å². The number of halogens is 4. The van der Waals surface area contributed by atoms with Crippen molar-refractivity contribution < 1.29 is 27.1 Å². The lowest BCUT2D eigenvalue weighted by atomic mass is 10.2. The van der Waals surface area contributed by atoms with Crippen LogP contribution in [0, 0.1) is 23.3 Å². The summed E-state index contributed by atoms with van der Waals surface area (Å²) in [7, 11) is 0. The summed E-state index contributed by atoms with van der Waals surface area (Å²) in [6, 6.07) is 9.69. The lowest BCUT2D eigenvalue weighted by Crippen LogP contribution is -2.12. The van der Waals surface area contributed by atoms with Crippen molar-refractivity contribution in [3.05, 3.63) is 82.2 Å². The Labute approximate surface area is 157 Å². The molecule has 2 aromatic carbocycles. The summed E-state index contributed by atoms with van der Waals surface area (Å²) in [5.74, 6) is -8.78. The number of nitrogens with zero attached hydrogens (tertiary/aromatic N) is 2. The molecule has 0 saturated carbocycles. The van der Waals surface area contributed by atoms with Crippen molar-refractivity contribution in [2.24, 2.45) is 0 Å². The molecule has 28 heavy (non-hydrogen) atoms. The first-order valence-corrected chi connectivity index (χ1v) is 8.62. The Bertz CT molecular complexity index is 1060. The van der Waals surface area contributed by atoms with Crippen LogP contribution in [0.15, 0.2) is 36.4 Å². The van der Waals surface area contributed by atoms with Crippen LogP contribution < -0.4 is 0 Å². The Morgan fingerprint density at radius 2 is 1.79 bits per heavy atom. The zero-order chi connectivity index (χ0) is 19.8. The molecule has 0 saturated heterocycles. The lowest BCUT2D eigenvalue weighted by molar-refractivity contribution is 0.0458. The molecule has 3 aromatic rings. The highest BCUT2D eigenvalue weighted by Crippen LogP contribution is 2.28. The first-order chi connectivity index (χ1) is 13.5. The third-order valence-electron chi connectivity index (χ3n) is 4.68. The van der Waals surface area contributed by atoms with Crippen molar-refractivity contribution >= 4 is 5.97 Å². The van der Waals surface area contributed by atoms with Crippen LogP contribution in [0.3, 0.4) is 0 Å². The van der Waals surface area contributed by atoms with E-state index in [9.17, 15) is 22.4 Å². The quantitative estimate of drug-likeness (QED) is 0.289. The summed E-state index contributed by atoms with van der Waals surface area (Å²) in [6.07, 6.45) is 2.49. The van der Waals surface area contributed by atoms with Crippen LogP contribution in [0.4, 0.5) is 17.6 Å². The van der Waals surface area contributed by atoms with Crippen LogP contribution >= 0.6 is 0 Å². The summed E-state index contributed by atoms with van der Waals surface area (Å²) in [6.45, 7) is -0.291. The molecule has 0 bridgehead atoms. The van der Waals surface area contributed by atoms with E-state index in [2.05, 4.69) is 5.10 Å². The van der Waals surface area contributed by atoms with Gasteiger partial charge >= 0.3 is 5.97 Å². The minimum Gasteiger partial charge on any atom is -0.455 e. The van der Waals surface area contributed by atoms with Crippen molar-refractivity contribution in [2.75, 3.05) is 0 Å². The van der Waals surface area contributed by atoms with Gasteiger partial charge in [-0.3, -0.25) is 0 Å². The average Bonchev–Trinajstić information content (AvgIpc) is 3.31. The smallest absolute Gasteiger partial charge is 0.341 e. The van der Waals surface area contributed by atoms with Gasteiger partial charge in [0.05, 0.1) is 5.69 Å². The molecule has 0 spiro atoms. The number of hydrogen-bond donors (Lipinski definition) is 0. The Balaban J connectivity index is 1.59. The molecule has 8 heteroatoms. The van der Waals surface area contributed by atoms with Crippen molar-refractivity contribution in [1.29, 1.82) is 0 Å². The number of rotatable bonds is 4. The Hall–Kier alpha value is -3.16. The molecule has 1 aliphatic rings. The Morgan fingerprint density at radius 1 is 1.04 bits per heavy atom. The Morgan fingerprint density at radius 3 is 2.54 bits per heavy atom. The maximum Gasteiger partial charge on any atom is 0.341 e. The number of benzene rings is 2. The summed E-state index contributed by atoms with van der Waals surface area (Å²) >= 11 is 0. The molecule has 0 aliphatic heterocycles. The molecule has 4 rings (SSSR count). The second kappa shape index (κ2) is 7.10. The third-order valence-corrected chi connectivity index (χ3v) is 4.68. The molecule has 1 aliphatic carbocycles. The Kier molecular flexibility index (Phi) is 4.62. The monoisotopic (exact) mass is 390 g/mol. The molecule has 0 amide bonds. The molecule has 1 heterocycles. The number of para-hydroxylation sites is 1. The van der Waals surface area contributed by atoms with Gasteiger partial charge in [-0.15, -0.1) is 0 Å². The van der Waals surface area contributed by atoms with Gasteiger partial charge in [-0.2, -0.15) is 5.10 Å². The largest absolute Gasteiger partial charge is 0.455 e. The van der Waals surface area contributed by atoms with Crippen LogP contribution in [0.2, 0.25) is 0 Å². The molecule has 0 fully saturated rings. The second-order valence-corrected chi connectivity index (χ2v) is 6.40. The maximum absolute atomic E-state index is 13.8. The minimum absolute atomic E-state index is 0.281. The highest BCUT2D eigenvalue weighted by Gasteiger charge is 2.26. The van der Waals surface area contributed by atoms with Crippen LogP contribution in [-0.2, 0) is 24.2 Å². The van der Waals surface area contributed by atoms with Gasteiger partial charge in [-0.25, -0.2) is 27.0 Å². The highest BCUT2D eigenvalue weighted by atomic mass is 19.2. The molecule has 144 valence electrons. The average molecular weight is 390 g/mol. The number of aromatic nitrogens is 2. The highest BCUT2D eigenvalue weighted by molar-refractivity contribution is 5.89. The SMILES string of the molecule is O=C(OCc1nn(-c2ccccc2)c2c1CCC2)c1cc(F)c(F)c(F)c1F. The fourth-order valence-electron chi connectivity index (χ4n) is 3.35.